The van der Waals surface area contributed by atoms with Crippen molar-refractivity contribution in [3.05, 3.63) is 36.3 Å². The number of ether oxygens (including phenoxy) is 1. The van der Waals surface area contributed by atoms with Crippen molar-refractivity contribution in [2.45, 2.75) is 0 Å². The zero-order valence-corrected chi connectivity index (χ0v) is 8.61. The molecule has 0 unspecified atom stereocenters. The summed E-state index contributed by atoms with van der Waals surface area (Å²) in [6, 6.07) is 0. The van der Waals surface area contributed by atoms with Crippen LogP contribution >= 0.6 is 0 Å². The van der Waals surface area contributed by atoms with Gasteiger partial charge in [-0.3, -0.25) is 0 Å². The van der Waals surface area contributed by atoms with Crippen LogP contribution in [0.4, 0.5) is 0 Å². The fraction of sp³-hybridized carbons (Fsp3) is 0. The van der Waals surface area contributed by atoms with Crippen LogP contribution in [-0.4, -0.2) is 11.4 Å². The van der Waals surface area contributed by atoms with Crippen LogP contribution in [0.1, 0.15) is 0 Å². The van der Waals surface area contributed by atoms with E-state index >= 15 is 0 Å². The Kier molecular flexibility index (Phi) is 8.31. The summed E-state index contributed by atoms with van der Waals surface area (Å²) in [5.41, 5.74) is 0. The number of hydrogen-bond donors (Lipinski definition) is 0. The summed E-state index contributed by atoms with van der Waals surface area (Å²) in [6.07, 6.45) is 7.43. The molecule has 0 aromatic carbocycles. The molecule has 1 heterocycles. The van der Waals surface area contributed by atoms with Crippen molar-refractivity contribution >= 4 is 5.97 Å². The van der Waals surface area contributed by atoms with Crippen LogP contribution in [0.3, 0.4) is 0 Å². The Hall–Kier alpha value is -0.550. The molecule has 0 spiro atoms. The number of aliphatic carboxylic acids is 1. The second-order valence-electron chi connectivity index (χ2n) is 1.65. The Morgan fingerprint density at radius 1 is 1.33 bits per heavy atom. The van der Waals surface area contributed by atoms with Gasteiger partial charge in [0.25, 0.3) is 0 Å². The Bertz CT molecular complexity index is 230. The van der Waals surface area contributed by atoms with E-state index in [0.29, 0.717) is 0 Å². The maximum absolute atomic E-state index is 10.1. The molecule has 0 aromatic heterocycles. The number of carboxylic acids is 1. The normalized spacial score (nSPS) is 12.8. The van der Waals surface area contributed by atoms with Gasteiger partial charge in [0.15, 0.2) is 0 Å². The molecular weight excluding hydrogens is 171 g/mol. The smallest absolute Gasteiger partial charge is 0.542 e. The molecule has 1 aliphatic rings. The minimum atomic E-state index is -1.31. The van der Waals surface area contributed by atoms with Gasteiger partial charge in [-0.2, -0.15) is 0 Å². The second kappa shape index (κ2) is 7.12. The predicted molar refractivity (Wildman–Crippen MR) is 36.1 cm³/mol. The van der Waals surface area contributed by atoms with E-state index in [2.05, 4.69) is 4.74 Å². The van der Waals surface area contributed by atoms with Crippen molar-refractivity contribution in [1.29, 1.82) is 0 Å². The van der Waals surface area contributed by atoms with Gasteiger partial charge in [0, 0.05) is 0 Å². The molecule has 5 heteroatoms. The van der Waals surface area contributed by atoms with E-state index in [1.165, 1.54) is 12.3 Å². The molecule has 60 valence electrons. The molecule has 0 radical (unpaired) electrons. The van der Waals surface area contributed by atoms with Gasteiger partial charge in [0.2, 0.25) is 0 Å². The van der Waals surface area contributed by atoms with E-state index in [9.17, 15) is 9.90 Å². The zero-order chi connectivity index (χ0) is 7.40. The summed E-state index contributed by atoms with van der Waals surface area (Å²) >= 11 is 0. The molecule has 4 nitrogen and oxygen atoms in total. The van der Waals surface area contributed by atoms with Crippen LogP contribution in [0.5, 0.6) is 0 Å². The molecule has 0 fully saturated rings. The Morgan fingerprint density at radius 2 is 2.00 bits per heavy atom. The van der Waals surface area contributed by atoms with Crippen LogP contribution < -0.4 is 34.7 Å². The van der Waals surface area contributed by atoms with E-state index in [1.54, 1.807) is 18.2 Å². The van der Waals surface area contributed by atoms with E-state index in [0.717, 1.165) is 0 Å². The first kappa shape index (κ1) is 14.0. The molecule has 0 aliphatic carbocycles. The molecule has 0 atom stereocenters. The van der Waals surface area contributed by atoms with Crippen molar-refractivity contribution in [1.82, 2.24) is 0 Å². The summed E-state index contributed by atoms with van der Waals surface area (Å²) in [6.45, 7) is 0. The number of carbonyl (C=O) groups excluding carboxylic acids is 1. The summed E-state index contributed by atoms with van der Waals surface area (Å²) in [5.74, 6) is -1.48. The van der Waals surface area contributed by atoms with Crippen molar-refractivity contribution in [3.8, 4) is 0 Å². The monoisotopic (exact) mass is 178 g/mol. The molecule has 0 amide bonds. The summed E-state index contributed by atoms with van der Waals surface area (Å²) in [4.78, 5) is 10.1. The SMILES string of the molecule is O.O=C([O-])C1=CC=CC=CO1.[Na+]. The zero-order valence-electron chi connectivity index (χ0n) is 6.61. The fourth-order valence-electron chi connectivity index (χ4n) is 0.520. The first-order valence-electron chi connectivity index (χ1n) is 2.72. The third kappa shape index (κ3) is 4.35. The van der Waals surface area contributed by atoms with Gasteiger partial charge >= 0.3 is 29.6 Å². The first-order chi connectivity index (χ1) is 4.80. The average Bonchev–Trinajstić information content (AvgIpc) is 2.12. The first-order valence-corrected chi connectivity index (χ1v) is 2.72. The third-order valence-electron chi connectivity index (χ3n) is 0.945. The van der Waals surface area contributed by atoms with Crippen molar-refractivity contribution in [3.63, 3.8) is 0 Å². The number of carboxylic acid groups (broad SMARTS) is 1. The summed E-state index contributed by atoms with van der Waals surface area (Å²) in [7, 11) is 0. The molecule has 1 aliphatic heterocycles. The maximum atomic E-state index is 10.1. The number of carbonyl (C=O) groups is 1. The Labute approximate surface area is 91.8 Å². The van der Waals surface area contributed by atoms with Gasteiger partial charge in [0.1, 0.15) is 11.7 Å². The van der Waals surface area contributed by atoms with Crippen molar-refractivity contribution < 1.29 is 49.7 Å². The van der Waals surface area contributed by atoms with Gasteiger partial charge in [-0.05, 0) is 12.2 Å². The minimum absolute atomic E-state index is 0. The third-order valence-corrected chi connectivity index (χ3v) is 0.945. The van der Waals surface area contributed by atoms with Crippen LogP contribution in [0.25, 0.3) is 0 Å². The molecule has 12 heavy (non-hydrogen) atoms. The number of hydrogen-bond acceptors (Lipinski definition) is 3. The summed E-state index contributed by atoms with van der Waals surface area (Å²) < 4.78 is 4.62. The molecule has 1 rings (SSSR count). The predicted octanol–water partition coefficient (Wildman–Crippen LogP) is -4.10. The quantitative estimate of drug-likeness (QED) is 0.383. The van der Waals surface area contributed by atoms with Gasteiger partial charge in [-0.1, -0.05) is 12.2 Å². The second-order valence-corrected chi connectivity index (χ2v) is 1.65. The van der Waals surface area contributed by atoms with E-state index in [4.69, 9.17) is 0 Å². The molecule has 0 saturated heterocycles. The minimum Gasteiger partial charge on any atom is -0.542 e. The van der Waals surface area contributed by atoms with E-state index in [-0.39, 0.29) is 40.8 Å². The maximum Gasteiger partial charge on any atom is 1.00 e. The molecule has 0 bridgehead atoms. The Balaban J connectivity index is 0. The number of rotatable bonds is 1. The Morgan fingerprint density at radius 3 is 2.58 bits per heavy atom. The van der Waals surface area contributed by atoms with Crippen LogP contribution in [0, 0.1) is 0 Å². The topological polar surface area (TPSA) is 80.9 Å². The van der Waals surface area contributed by atoms with Crippen LogP contribution in [0.15, 0.2) is 36.3 Å². The standard InChI is InChI=1S/C7H6O3.Na.H2O/c8-7(9)6-4-2-1-3-5-10-6;;/h1-5H,(H,8,9);;1H2/q;+1;/p-1. The van der Waals surface area contributed by atoms with Crippen molar-refractivity contribution in [2.75, 3.05) is 0 Å². The van der Waals surface area contributed by atoms with Crippen LogP contribution in [0.2, 0.25) is 0 Å². The van der Waals surface area contributed by atoms with Gasteiger partial charge in [-0.25, -0.2) is 0 Å². The molecular formula is C7H7NaO4. The van der Waals surface area contributed by atoms with Gasteiger partial charge in [0.05, 0.1) is 6.26 Å². The van der Waals surface area contributed by atoms with Crippen molar-refractivity contribution in [2.24, 2.45) is 0 Å². The van der Waals surface area contributed by atoms with Crippen LogP contribution in [-0.2, 0) is 9.53 Å². The molecule has 0 saturated carbocycles. The van der Waals surface area contributed by atoms with E-state index < -0.39 is 5.97 Å². The average molecular weight is 178 g/mol. The molecule has 0 aromatic rings. The van der Waals surface area contributed by atoms with Gasteiger partial charge < -0.3 is 20.1 Å². The number of allylic oxidation sites excluding steroid dienone is 4. The summed E-state index contributed by atoms with van der Waals surface area (Å²) in [5, 5.41) is 10.1. The molecule has 2 N–H and O–H groups in total. The van der Waals surface area contributed by atoms with Gasteiger partial charge in [-0.15, -0.1) is 0 Å². The fourth-order valence-corrected chi connectivity index (χ4v) is 0.520. The largest absolute Gasteiger partial charge is 1.00 e. The van der Waals surface area contributed by atoms with E-state index in [1.807, 2.05) is 0 Å².